The van der Waals surface area contributed by atoms with Crippen LogP contribution < -0.4 is 5.73 Å². The van der Waals surface area contributed by atoms with Crippen molar-refractivity contribution in [1.82, 2.24) is 4.90 Å². The summed E-state index contributed by atoms with van der Waals surface area (Å²) < 4.78 is 0. The highest BCUT2D eigenvalue weighted by Crippen LogP contribution is 2.21. The van der Waals surface area contributed by atoms with Crippen LogP contribution in [0.25, 0.3) is 0 Å². The van der Waals surface area contributed by atoms with E-state index in [1.807, 2.05) is 36.9 Å². The molecule has 0 spiro atoms. The van der Waals surface area contributed by atoms with E-state index in [2.05, 4.69) is 0 Å². The molecule has 1 aromatic rings. The van der Waals surface area contributed by atoms with Gasteiger partial charge in [0.15, 0.2) is 0 Å². The molecule has 2 rings (SSSR count). The van der Waals surface area contributed by atoms with Gasteiger partial charge in [-0.1, -0.05) is 12.1 Å². The fraction of sp³-hybridized carbons (Fsp3) is 0.533. The Hall–Kier alpha value is -1.06. The average Bonchev–Trinajstić information content (AvgIpc) is 2.41. The number of rotatable bonds is 2. The molecule has 1 heterocycles. The summed E-state index contributed by atoms with van der Waals surface area (Å²) in [6.07, 6.45) is 3.30. The van der Waals surface area contributed by atoms with Crippen molar-refractivity contribution in [3.05, 3.63) is 34.9 Å². The van der Waals surface area contributed by atoms with Gasteiger partial charge < -0.3 is 10.6 Å². The van der Waals surface area contributed by atoms with Crippen LogP contribution in [0, 0.1) is 13.8 Å². The molecule has 1 amide bonds. The third-order valence-corrected chi connectivity index (χ3v) is 4.00. The van der Waals surface area contributed by atoms with Gasteiger partial charge in [-0.15, -0.1) is 12.4 Å². The lowest BCUT2D eigenvalue weighted by Crippen LogP contribution is -2.47. The molecule has 1 unspecified atom stereocenters. The Morgan fingerprint density at radius 2 is 2.11 bits per heavy atom. The van der Waals surface area contributed by atoms with Gasteiger partial charge in [0.1, 0.15) is 0 Å². The largest absolute Gasteiger partial charge is 0.334 e. The van der Waals surface area contributed by atoms with Crippen LogP contribution in [0.4, 0.5) is 0 Å². The smallest absolute Gasteiger partial charge is 0.254 e. The van der Waals surface area contributed by atoms with Crippen LogP contribution in [0.5, 0.6) is 0 Å². The van der Waals surface area contributed by atoms with Crippen LogP contribution in [0.3, 0.4) is 0 Å². The Kier molecular flexibility index (Phi) is 5.83. The molecule has 19 heavy (non-hydrogen) atoms. The van der Waals surface area contributed by atoms with E-state index in [0.29, 0.717) is 6.54 Å². The molecule has 1 saturated heterocycles. The second-order valence-corrected chi connectivity index (χ2v) is 5.13. The minimum atomic E-state index is 0. The molecule has 0 saturated carbocycles. The molecular formula is C15H23ClN2O. The van der Waals surface area contributed by atoms with Crippen molar-refractivity contribution >= 4 is 18.3 Å². The molecule has 1 fully saturated rings. The quantitative estimate of drug-likeness (QED) is 0.906. The molecule has 1 aliphatic rings. The molecule has 1 aromatic carbocycles. The fourth-order valence-electron chi connectivity index (χ4n) is 2.65. The molecule has 0 aromatic heterocycles. The van der Waals surface area contributed by atoms with Crippen molar-refractivity contribution in [3.8, 4) is 0 Å². The van der Waals surface area contributed by atoms with Crippen LogP contribution in [0.2, 0.25) is 0 Å². The number of piperidine rings is 1. The number of likely N-dealkylation sites (tertiary alicyclic amines) is 1. The monoisotopic (exact) mass is 282 g/mol. The zero-order valence-corrected chi connectivity index (χ0v) is 12.5. The van der Waals surface area contributed by atoms with Crippen molar-refractivity contribution in [3.63, 3.8) is 0 Å². The molecule has 1 aliphatic heterocycles. The molecule has 3 nitrogen and oxygen atoms in total. The Balaban J connectivity index is 0.00000180. The van der Waals surface area contributed by atoms with E-state index < -0.39 is 0 Å². The van der Waals surface area contributed by atoms with E-state index in [4.69, 9.17) is 5.73 Å². The number of nitrogens with zero attached hydrogens (tertiary/aromatic N) is 1. The number of aryl methyl sites for hydroxylation is 1. The number of hydrogen-bond donors (Lipinski definition) is 1. The maximum Gasteiger partial charge on any atom is 0.254 e. The van der Waals surface area contributed by atoms with Crippen molar-refractivity contribution in [2.45, 2.75) is 39.2 Å². The number of halogens is 1. The van der Waals surface area contributed by atoms with Gasteiger partial charge in [-0.2, -0.15) is 0 Å². The van der Waals surface area contributed by atoms with E-state index in [1.165, 1.54) is 12.0 Å². The Labute approximate surface area is 121 Å². The molecule has 0 bridgehead atoms. The zero-order chi connectivity index (χ0) is 13.1. The fourth-order valence-corrected chi connectivity index (χ4v) is 2.65. The maximum absolute atomic E-state index is 12.6. The van der Waals surface area contributed by atoms with E-state index >= 15 is 0 Å². The summed E-state index contributed by atoms with van der Waals surface area (Å²) in [5, 5.41) is 0. The van der Waals surface area contributed by atoms with Gasteiger partial charge in [-0.25, -0.2) is 0 Å². The number of hydrogen-bond acceptors (Lipinski definition) is 2. The van der Waals surface area contributed by atoms with Crippen molar-refractivity contribution in [1.29, 1.82) is 0 Å². The van der Waals surface area contributed by atoms with Gasteiger partial charge in [0.25, 0.3) is 5.91 Å². The van der Waals surface area contributed by atoms with E-state index in [9.17, 15) is 4.79 Å². The number of carbonyl (C=O) groups excluding carboxylic acids is 1. The van der Waals surface area contributed by atoms with Gasteiger partial charge in [-0.3, -0.25) is 4.79 Å². The average molecular weight is 283 g/mol. The zero-order valence-electron chi connectivity index (χ0n) is 11.7. The van der Waals surface area contributed by atoms with Crippen LogP contribution >= 0.6 is 12.4 Å². The normalized spacial score (nSPS) is 18.9. The van der Waals surface area contributed by atoms with Crippen molar-refractivity contribution < 1.29 is 4.79 Å². The number of benzene rings is 1. The van der Waals surface area contributed by atoms with Crippen LogP contribution in [0.1, 0.15) is 40.7 Å². The standard InChI is InChI=1S/C15H22N2O.ClH/c1-11-6-5-8-14(12(11)2)15(18)17-9-4-3-7-13(17)10-16;/h5-6,8,13H,3-4,7,9-10,16H2,1-2H3;1H. The van der Waals surface area contributed by atoms with Crippen LogP contribution in [0.15, 0.2) is 18.2 Å². The van der Waals surface area contributed by atoms with Crippen molar-refractivity contribution in [2.24, 2.45) is 5.73 Å². The first-order valence-electron chi connectivity index (χ1n) is 6.72. The SMILES string of the molecule is Cc1cccc(C(=O)N2CCCCC2CN)c1C.Cl. The summed E-state index contributed by atoms with van der Waals surface area (Å²) in [6, 6.07) is 6.14. The Morgan fingerprint density at radius 3 is 2.79 bits per heavy atom. The summed E-state index contributed by atoms with van der Waals surface area (Å²) in [6.45, 7) is 5.47. The third kappa shape index (κ3) is 3.28. The molecule has 4 heteroatoms. The molecular weight excluding hydrogens is 260 g/mol. The van der Waals surface area contributed by atoms with Crippen molar-refractivity contribution in [2.75, 3.05) is 13.1 Å². The van der Waals surface area contributed by atoms with Crippen LogP contribution in [-0.2, 0) is 0 Å². The third-order valence-electron chi connectivity index (χ3n) is 4.00. The molecule has 0 radical (unpaired) electrons. The van der Waals surface area contributed by atoms with Gasteiger partial charge in [-0.05, 0) is 50.3 Å². The second-order valence-electron chi connectivity index (χ2n) is 5.13. The maximum atomic E-state index is 12.6. The van der Waals surface area contributed by atoms with E-state index in [0.717, 1.165) is 30.5 Å². The Morgan fingerprint density at radius 1 is 1.37 bits per heavy atom. The highest BCUT2D eigenvalue weighted by atomic mass is 35.5. The lowest BCUT2D eigenvalue weighted by atomic mass is 9.98. The lowest BCUT2D eigenvalue weighted by molar-refractivity contribution is 0.0622. The summed E-state index contributed by atoms with van der Waals surface area (Å²) >= 11 is 0. The minimum Gasteiger partial charge on any atom is -0.334 e. The number of nitrogens with two attached hydrogens (primary N) is 1. The van der Waals surface area contributed by atoms with Gasteiger partial charge in [0.05, 0.1) is 0 Å². The summed E-state index contributed by atoms with van der Waals surface area (Å²) in [5.41, 5.74) is 8.87. The summed E-state index contributed by atoms with van der Waals surface area (Å²) in [7, 11) is 0. The molecule has 0 aliphatic carbocycles. The first kappa shape index (κ1) is 16.0. The minimum absolute atomic E-state index is 0. The Bertz CT molecular complexity index is 448. The number of carbonyl (C=O) groups is 1. The summed E-state index contributed by atoms with van der Waals surface area (Å²) in [4.78, 5) is 14.6. The molecule has 106 valence electrons. The predicted octanol–water partition coefficient (Wildman–Crippen LogP) is 2.68. The van der Waals surface area contributed by atoms with E-state index in [-0.39, 0.29) is 24.4 Å². The van der Waals surface area contributed by atoms with E-state index in [1.54, 1.807) is 0 Å². The molecule has 2 N–H and O–H groups in total. The summed E-state index contributed by atoms with van der Waals surface area (Å²) in [5.74, 6) is 0.145. The lowest BCUT2D eigenvalue weighted by Gasteiger charge is -2.35. The first-order chi connectivity index (χ1) is 8.65. The highest BCUT2D eigenvalue weighted by molar-refractivity contribution is 5.96. The topological polar surface area (TPSA) is 46.3 Å². The number of amides is 1. The van der Waals surface area contributed by atoms with Gasteiger partial charge in [0.2, 0.25) is 0 Å². The highest BCUT2D eigenvalue weighted by Gasteiger charge is 2.27. The van der Waals surface area contributed by atoms with Gasteiger partial charge in [0, 0.05) is 24.7 Å². The second kappa shape index (κ2) is 6.92. The van der Waals surface area contributed by atoms with Crippen LogP contribution in [-0.4, -0.2) is 29.9 Å². The predicted molar refractivity (Wildman–Crippen MR) is 80.9 cm³/mol. The molecule has 1 atom stereocenters. The first-order valence-corrected chi connectivity index (χ1v) is 6.72. The van der Waals surface area contributed by atoms with Gasteiger partial charge >= 0.3 is 0 Å².